The highest BCUT2D eigenvalue weighted by atomic mass is 35.5. The number of hydrogen-bond acceptors (Lipinski definition) is 3. The van der Waals surface area contributed by atoms with Gasteiger partial charge in [-0.2, -0.15) is 8.42 Å². The second-order valence-corrected chi connectivity index (χ2v) is 8.21. The molecule has 1 aliphatic heterocycles. The molecule has 6 heteroatoms. The van der Waals surface area contributed by atoms with E-state index in [-0.39, 0.29) is 4.91 Å². The van der Waals surface area contributed by atoms with Gasteiger partial charge in [-0.15, -0.1) is 4.40 Å². The van der Waals surface area contributed by atoms with Crippen LogP contribution in [0.4, 0.5) is 5.69 Å². The molecule has 0 saturated carbocycles. The van der Waals surface area contributed by atoms with Gasteiger partial charge in [-0.05, 0) is 62.1 Å². The molecule has 0 aliphatic carbocycles. The van der Waals surface area contributed by atoms with Crippen molar-refractivity contribution in [3.8, 4) is 0 Å². The van der Waals surface area contributed by atoms with E-state index in [1.165, 1.54) is 0 Å². The molecule has 0 amide bonds. The van der Waals surface area contributed by atoms with E-state index in [0.717, 1.165) is 16.7 Å². The van der Waals surface area contributed by atoms with Crippen molar-refractivity contribution in [1.29, 1.82) is 0 Å². The molecule has 25 heavy (non-hydrogen) atoms. The van der Waals surface area contributed by atoms with Crippen LogP contribution in [0.15, 0.2) is 46.4 Å². The average Bonchev–Trinajstić information content (AvgIpc) is 2.75. The highest BCUT2D eigenvalue weighted by Crippen LogP contribution is 2.34. The second-order valence-electron chi connectivity index (χ2n) is 6.26. The summed E-state index contributed by atoms with van der Waals surface area (Å²) in [7, 11) is -3.73. The van der Waals surface area contributed by atoms with Gasteiger partial charge in [-0.1, -0.05) is 35.9 Å². The van der Waals surface area contributed by atoms with Crippen LogP contribution in [0.5, 0.6) is 0 Å². The third-order valence-electron chi connectivity index (χ3n) is 4.37. The Bertz CT molecular complexity index is 1040. The number of amidine groups is 1. The summed E-state index contributed by atoms with van der Waals surface area (Å²) in [6.45, 7) is 7.63. The molecule has 3 rings (SSSR count). The maximum absolute atomic E-state index is 12.6. The van der Waals surface area contributed by atoms with Crippen LogP contribution in [-0.2, 0) is 10.0 Å². The molecule has 0 atom stereocenters. The Hall–Kier alpha value is -2.11. The Balaban J connectivity index is 2.03. The highest BCUT2D eigenvalue weighted by Gasteiger charge is 2.31. The molecular formula is C19H19ClN2O2S. The molecule has 1 N–H and O–H groups in total. The smallest absolute Gasteiger partial charge is 0.285 e. The lowest BCUT2D eigenvalue weighted by molar-refractivity contribution is 0.608. The number of benzene rings is 2. The van der Waals surface area contributed by atoms with E-state index in [1.807, 2.05) is 51.1 Å². The van der Waals surface area contributed by atoms with Crippen LogP contribution in [0, 0.1) is 20.8 Å². The minimum atomic E-state index is -3.73. The van der Waals surface area contributed by atoms with Crippen molar-refractivity contribution in [3.63, 3.8) is 0 Å². The molecule has 2 aromatic carbocycles. The Morgan fingerprint density at radius 2 is 1.60 bits per heavy atom. The van der Waals surface area contributed by atoms with E-state index in [4.69, 9.17) is 11.6 Å². The van der Waals surface area contributed by atoms with E-state index in [2.05, 4.69) is 9.71 Å². The first-order chi connectivity index (χ1) is 11.7. The van der Waals surface area contributed by atoms with Crippen LogP contribution in [-0.4, -0.2) is 14.3 Å². The molecule has 0 aromatic heterocycles. The van der Waals surface area contributed by atoms with Crippen LogP contribution in [0.2, 0.25) is 5.02 Å². The van der Waals surface area contributed by atoms with E-state index in [1.54, 1.807) is 13.0 Å². The zero-order chi connectivity index (χ0) is 18.4. The molecule has 4 nitrogen and oxygen atoms in total. The van der Waals surface area contributed by atoms with Gasteiger partial charge >= 0.3 is 0 Å². The SMILES string of the molecule is CC1=C(c2ccc(C)c(C)c2)S(=O)(=O)N=C1Nc1ccc(C)c(Cl)c1. The predicted molar refractivity (Wildman–Crippen MR) is 105 cm³/mol. The predicted octanol–water partition coefficient (Wildman–Crippen LogP) is 4.85. The van der Waals surface area contributed by atoms with Gasteiger partial charge in [0.2, 0.25) is 0 Å². The number of halogens is 1. The Labute approximate surface area is 153 Å². The van der Waals surface area contributed by atoms with Crippen molar-refractivity contribution < 1.29 is 8.42 Å². The van der Waals surface area contributed by atoms with E-state index >= 15 is 0 Å². The van der Waals surface area contributed by atoms with Gasteiger partial charge in [0.1, 0.15) is 10.7 Å². The third kappa shape index (κ3) is 3.34. The van der Waals surface area contributed by atoms with Gasteiger partial charge in [-0.25, -0.2) is 0 Å². The molecule has 130 valence electrons. The topological polar surface area (TPSA) is 58.5 Å². The van der Waals surface area contributed by atoms with Gasteiger partial charge in [0.15, 0.2) is 0 Å². The second kappa shape index (κ2) is 6.32. The van der Waals surface area contributed by atoms with E-state index in [0.29, 0.717) is 27.7 Å². The van der Waals surface area contributed by atoms with Crippen molar-refractivity contribution in [1.82, 2.24) is 0 Å². The fraction of sp³-hybridized carbons (Fsp3) is 0.211. The Morgan fingerprint density at radius 3 is 2.24 bits per heavy atom. The average molecular weight is 375 g/mol. The summed E-state index contributed by atoms with van der Waals surface area (Å²) < 4.78 is 29.1. The third-order valence-corrected chi connectivity index (χ3v) is 6.26. The number of rotatable bonds is 2. The fourth-order valence-corrected chi connectivity index (χ4v) is 4.31. The van der Waals surface area contributed by atoms with Crippen molar-refractivity contribution in [2.45, 2.75) is 27.7 Å². The zero-order valence-electron chi connectivity index (χ0n) is 14.5. The van der Waals surface area contributed by atoms with Crippen LogP contribution in [0.3, 0.4) is 0 Å². The summed E-state index contributed by atoms with van der Waals surface area (Å²) in [5, 5.41) is 3.68. The minimum Gasteiger partial charge on any atom is -0.339 e. The number of aryl methyl sites for hydroxylation is 3. The summed E-state index contributed by atoms with van der Waals surface area (Å²) in [6.07, 6.45) is 0. The van der Waals surface area contributed by atoms with Gasteiger partial charge in [0.25, 0.3) is 10.0 Å². The van der Waals surface area contributed by atoms with Crippen LogP contribution >= 0.6 is 11.6 Å². The number of hydrogen-bond donors (Lipinski definition) is 1. The van der Waals surface area contributed by atoms with Crippen LogP contribution in [0.1, 0.15) is 29.2 Å². The number of nitrogens with zero attached hydrogens (tertiary/aromatic N) is 1. The molecule has 0 fully saturated rings. The zero-order valence-corrected chi connectivity index (χ0v) is 16.1. The first-order valence-corrected chi connectivity index (χ1v) is 9.68. The molecule has 0 saturated heterocycles. The van der Waals surface area contributed by atoms with E-state index < -0.39 is 10.0 Å². The summed E-state index contributed by atoms with van der Waals surface area (Å²) in [5.74, 6) is 0.327. The molecule has 0 unspecified atom stereocenters. The Morgan fingerprint density at radius 1 is 0.920 bits per heavy atom. The molecule has 0 spiro atoms. The molecule has 0 bridgehead atoms. The highest BCUT2D eigenvalue weighted by molar-refractivity contribution is 8.00. The summed E-state index contributed by atoms with van der Waals surface area (Å²) in [4.78, 5) is 0.247. The first kappa shape index (κ1) is 17.7. The number of anilines is 1. The molecule has 1 heterocycles. The van der Waals surface area contributed by atoms with Crippen molar-refractivity contribution in [2.75, 3.05) is 5.32 Å². The summed E-state index contributed by atoms with van der Waals surface area (Å²) >= 11 is 6.14. The lowest BCUT2D eigenvalue weighted by Crippen LogP contribution is -2.11. The van der Waals surface area contributed by atoms with Crippen LogP contribution in [0.25, 0.3) is 4.91 Å². The van der Waals surface area contributed by atoms with Gasteiger partial charge in [0, 0.05) is 16.3 Å². The Kier molecular flexibility index (Phi) is 4.47. The van der Waals surface area contributed by atoms with Gasteiger partial charge in [0.05, 0.1) is 0 Å². The summed E-state index contributed by atoms with van der Waals surface area (Å²) in [6, 6.07) is 11.1. The minimum absolute atomic E-state index is 0.247. The maximum atomic E-state index is 12.6. The number of nitrogens with one attached hydrogen (secondary N) is 1. The normalized spacial score (nSPS) is 16.1. The largest absolute Gasteiger partial charge is 0.339 e. The van der Waals surface area contributed by atoms with Gasteiger partial charge in [-0.3, -0.25) is 0 Å². The monoisotopic (exact) mass is 374 g/mol. The fourth-order valence-electron chi connectivity index (χ4n) is 2.71. The lowest BCUT2D eigenvalue weighted by atomic mass is 10.0. The molecule has 2 aromatic rings. The lowest BCUT2D eigenvalue weighted by Gasteiger charge is -2.09. The molecule has 1 aliphatic rings. The maximum Gasteiger partial charge on any atom is 0.285 e. The van der Waals surface area contributed by atoms with Crippen LogP contribution < -0.4 is 5.32 Å². The first-order valence-electron chi connectivity index (χ1n) is 7.86. The van der Waals surface area contributed by atoms with Gasteiger partial charge < -0.3 is 5.32 Å². The standard InChI is InChI=1S/C19H19ClN2O2S/c1-11-5-7-15(9-13(11)3)18-14(4)19(22-25(18,23)24)21-16-8-6-12(2)17(20)10-16/h5-10H,1-4H3,(H,21,22). The van der Waals surface area contributed by atoms with Crippen molar-refractivity contribution in [3.05, 3.63) is 69.2 Å². The molecule has 0 radical (unpaired) electrons. The van der Waals surface area contributed by atoms with Crippen molar-refractivity contribution in [2.24, 2.45) is 4.40 Å². The van der Waals surface area contributed by atoms with E-state index in [9.17, 15) is 8.42 Å². The van der Waals surface area contributed by atoms with Crippen molar-refractivity contribution >= 4 is 38.1 Å². The quantitative estimate of drug-likeness (QED) is 0.817. The molecular weight excluding hydrogens is 356 g/mol. The summed E-state index contributed by atoms with van der Waals surface area (Å²) in [5.41, 5.74) is 5.07. The number of sulfonamides is 1.